The zero-order valence-electron chi connectivity index (χ0n) is 21.1. The van der Waals surface area contributed by atoms with Gasteiger partial charge in [-0.15, -0.1) is 0 Å². The number of ether oxygens (including phenoxy) is 2. The highest BCUT2D eigenvalue weighted by Crippen LogP contribution is 2.33. The predicted octanol–water partition coefficient (Wildman–Crippen LogP) is 6.70. The van der Waals surface area contributed by atoms with E-state index in [1.54, 1.807) is 48.5 Å². The summed E-state index contributed by atoms with van der Waals surface area (Å²) in [4.78, 5) is 52.2. The Kier molecular flexibility index (Phi) is 7.13. The number of ketones is 1. The number of halogens is 1. The van der Waals surface area contributed by atoms with Gasteiger partial charge in [0, 0.05) is 10.0 Å². The molecule has 0 radical (unpaired) electrons. The molecule has 5 rings (SSSR count). The highest BCUT2D eigenvalue weighted by atomic mass is 79.9. The zero-order valence-corrected chi connectivity index (χ0v) is 22.7. The van der Waals surface area contributed by atoms with E-state index in [0.717, 1.165) is 26.2 Å². The van der Waals surface area contributed by atoms with Gasteiger partial charge in [-0.1, -0.05) is 46.3 Å². The number of Topliss-reactive ketones (excluding diaryl/α,β-unsaturated/α-hetero) is 1. The molecule has 8 heteroatoms. The predicted molar refractivity (Wildman–Crippen MR) is 149 cm³/mol. The maximum atomic E-state index is 13.2. The van der Waals surface area contributed by atoms with Gasteiger partial charge in [0.2, 0.25) is 0 Å². The minimum absolute atomic E-state index is 0.0673. The molecular formula is C31H22BrNO6. The molecule has 0 bridgehead atoms. The van der Waals surface area contributed by atoms with Crippen LogP contribution in [-0.4, -0.2) is 30.2 Å². The third-order valence-electron chi connectivity index (χ3n) is 6.35. The summed E-state index contributed by atoms with van der Waals surface area (Å²) >= 11 is 3.30. The van der Waals surface area contributed by atoms with Gasteiger partial charge in [-0.2, -0.15) is 0 Å². The first-order valence-corrected chi connectivity index (χ1v) is 12.8. The molecule has 0 aromatic heterocycles. The van der Waals surface area contributed by atoms with E-state index in [0.29, 0.717) is 17.0 Å². The summed E-state index contributed by atoms with van der Waals surface area (Å²) in [5, 5.41) is 0. The van der Waals surface area contributed by atoms with Crippen molar-refractivity contribution in [1.82, 2.24) is 0 Å². The average Bonchev–Trinajstić information content (AvgIpc) is 3.19. The van der Waals surface area contributed by atoms with Crippen LogP contribution in [0.25, 0.3) is 0 Å². The molecule has 0 fully saturated rings. The van der Waals surface area contributed by atoms with Gasteiger partial charge in [-0.25, -0.2) is 9.69 Å². The van der Waals surface area contributed by atoms with E-state index >= 15 is 0 Å². The van der Waals surface area contributed by atoms with Gasteiger partial charge in [0.25, 0.3) is 11.8 Å². The Hall–Kier alpha value is -4.56. The first kappa shape index (κ1) is 26.1. The lowest BCUT2D eigenvalue weighted by Gasteiger charge is -2.15. The molecule has 39 heavy (non-hydrogen) atoms. The van der Waals surface area contributed by atoms with Gasteiger partial charge < -0.3 is 9.47 Å². The molecular weight excluding hydrogens is 562 g/mol. The molecule has 2 amide bonds. The molecule has 194 valence electrons. The smallest absolute Gasteiger partial charge is 0.338 e. The summed E-state index contributed by atoms with van der Waals surface area (Å²) in [6.45, 7) is 3.47. The summed E-state index contributed by atoms with van der Waals surface area (Å²) in [6, 6.07) is 23.3. The standard InChI is InChI=1S/C31H22BrNO6/c1-18-4-3-5-19(2)28(18)39-24-13-11-23(12-14-24)33-29(35)25-15-8-21(16-26(25)30(33)36)31(37)38-17-27(34)20-6-9-22(32)10-7-20/h3-16H,17H2,1-2H3. The van der Waals surface area contributed by atoms with Crippen molar-refractivity contribution in [1.29, 1.82) is 0 Å². The van der Waals surface area contributed by atoms with Crippen molar-refractivity contribution < 1.29 is 28.7 Å². The largest absolute Gasteiger partial charge is 0.457 e. The van der Waals surface area contributed by atoms with E-state index in [2.05, 4.69) is 15.9 Å². The van der Waals surface area contributed by atoms with Crippen molar-refractivity contribution in [3.63, 3.8) is 0 Å². The number of hydrogen-bond acceptors (Lipinski definition) is 6. The number of para-hydroxylation sites is 1. The van der Waals surface area contributed by atoms with Crippen molar-refractivity contribution in [2.24, 2.45) is 0 Å². The second-order valence-electron chi connectivity index (χ2n) is 9.03. The number of anilines is 1. The normalized spacial score (nSPS) is 12.3. The summed E-state index contributed by atoms with van der Waals surface area (Å²) in [7, 11) is 0. The molecule has 0 aliphatic carbocycles. The van der Waals surface area contributed by atoms with Gasteiger partial charge in [0.1, 0.15) is 11.5 Å². The van der Waals surface area contributed by atoms with Gasteiger partial charge in [0.15, 0.2) is 12.4 Å². The fourth-order valence-electron chi connectivity index (χ4n) is 4.28. The Balaban J connectivity index is 1.29. The monoisotopic (exact) mass is 583 g/mol. The lowest BCUT2D eigenvalue weighted by Crippen LogP contribution is -2.29. The van der Waals surface area contributed by atoms with Crippen molar-refractivity contribution in [2.75, 3.05) is 11.5 Å². The van der Waals surface area contributed by atoms with Crippen molar-refractivity contribution in [2.45, 2.75) is 13.8 Å². The molecule has 0 N–H and O–H groups in total. The van der Waals surface area contributed by atoms with Crippen LogP contribution < -0.4 is 9.64 Å². The second-order valence-corrected chi connectivity index (χ2v) is 9.94. The third-order valence-corrected chi connectivity index (χ3v) is 6.88. The molecule has 1 aliphatic heterocycles. The number of carbonyl (C=O) groups is 4. The number of hydrogen-bond donors (Lipinski definition) is 0. The second kappa shape index (κ2) is 10.7. The average molecular weight is 584 g/mol. The highest BCUT2D eigenvalue weighted by Gasteiger charge is 2.37. The van der Waals surface area contributed by atoms with E-state index in [1.165, 1.54) is 18.2 Å². The van der Waals surface area contributed by atoms with E-state index in [4.69, 9.17) is 9.47 Å². The van der Waals surface area contributed by atoms with Gasteiger partial charge in [-0.05, 0) is 79.6 Å². The van der Waals surface area contributed by atoms with Gasteiger partial charge in [0.05, 0.1) is 22.4 Å². The Bertz CT molecular complexity index is 1610. The molecule has 0 unspecified atom stereocenters. The fraction of sp³-hybridized carbons (Fsp3) is 0.0968. The maximum absolute atomic E-state index is 13.2. The van der Waals surface area contributed by atoms with Gasteiger partial charge >= 0.3 is 5.97 Å². The Morgan fingerprint density at radius 3 is 2.05 bits per heavy atom. The van der Waals surface area contributed by atoms with Crippen LogP contribution in [0, 0.1) is 13.8 Å². The van der Waals surface area contributed by atoms with Crippen LogP contribution in [0.15, 0.2) is 89.4 Å². The van der Waals surface area contributed by atoms with Crippen molar-refractivity contribution in [3.8, 4) is 11.5 Å². The molecule has 0 saturated heterocycles. The van der Waals surface area contributed by atoms with Crippen molar-refractivity contribution in [3.05, 3.63) is 123 Å². The molecule has 1 heterocycles. The summed E-state index contributed by atoms with van der Waals surface area (Å²) in [5.74, 6) is -0.864. The summed E-state index contributed by atoms with van der Waals surface area (Å²) < 4.78 is 12.0. The van der Waals surface area contributed by atoms with Crippen LogP contribution >= 0.6 is 15.9 Å². The fourth-order valence-corrected chi connectivity index (χ4v) is 4.54. The van der Waals surface area contributed by atoms with E-state index in [1.807, 2.05) is 32.0 Å². The Morgan fingerprint density at radius 1 is 0.769 bits per heavy atom. The Morgan fingerprint density at radius 2 is 1.38 bits per heavy atom. The third kappa shape index (κ3) is 5.24. The topological polar surface area (TPSA) is 90.0 Å². The molecule has 1 aliphatic rings. The number of nitrogens with zero attached hydrogens (tertiary/aromatic N) is 1. The molecule has 0 saturated carbocycles. The minimum atomic E-state index is -0.769. The van der Waals surface area contributed by atoms with Crippen LogP contribution in [0.4, 0.5) is 5.69 Å². The Labute approximate surface area is 233 Å². The van der Waals surface area contributed by atoms with Crippen LogP contribution in [0.5, 0.6) is 11.5 Å². The van der Waals surface area contributed by atoms with Crippen LogP contribution in [0.1, 0.15) is 52.6 Å². The number of benzene rings is 4. The van der Waals surface area contributed by atoms with E-state index in [9.17, 15) is 19.2 Å². The van der Waals surface area contributed by atoms with E-state index < -0.39 is 24.4 Å². The van der Waals surface area contributed by atoms with Crippen LogP contribution in [0.3, 0.4) is 0 Å². The number of fused-ring (bicyclic) bond motifs is 1. The summed E-state index contributed by atoms with van der Waals surface area (Å²) in [6.07, 6.45) is 0. The van der Waals surface area contributed by atoms with Gasteiger partial charge in [-0.3, -0.25) is 14.4 Å². The molecule has 4 aromatic rings. The van der Waals surface area contributed by atoms with E-state index in [-0.39, 0.29) is 22.5 Å². The van der Waals surface area contributed by atoms with Crippen molar-refractivity contribution >= 4 is 45.2 Å². The molecule has 4 aromatic carbocycles. The number of esters is 1. The summed E-state index contributed by atoms with van der Waals surface area (Å²) in [5.41, 5.74) is 3.10. The number of imide groups is 1. The number of rotatable bonds is 7. The zero-order chi connectivity index (χ0) is 27.7. The minimum Gasteiger partial charge on any atom is -0.457 e. The SMILES string of the molecule is Cc1cccc(C)c1Oc1ccc(N2C(=O)c3ccc(C(=O)OCC(=O)c4ccc(Br)cc4)cc3C2=O)cc1. The van der Waals surface area contributed by atoms with Crippen LogP contribution in [0.2, 0.25) is 0 Å². The quantitative estimate of drug-likeness (QED) is 0.137. The number of amides is 2. The highest BCUT2D eigenvalue weighted by molar-refractivity contribution is 9.10. The molecule has 0 spiro atoms. The molecule has 7 nitrogen and oxygen atoms in total. The first-order chi connectivity index (χ1) is 18.7. The first-order valence-electron chi connectivity index (χ1n) is 12.1. The number of carbonyl (C=O) groups excluding carboxylic acids is 4. The van der Waals surface area contributed by atoms with Crippen LogP contribution in [-0.2, 0) is 4.74 Å². The lowest BCUT2D eigenvalue weighted by molar-refractivity contribution is 0.0474. The molecule has 0 atom stereocenters. The number of aryl methyl sites for hydroxylation is 2. The lowest BCUT2D eigenvalue weighted by atomic mass is 10.1. The maximum Gasteiger partial charge on any atom is 0.338 e.